The molecule has 0 N–H and O–H groups in total. The van der Waals surface area contributed by atoms with Crippen molar-refractivity contribution in [2.75, 3.05) is 18.4 Å². The van der Waals surface area contributed by atoms with Crippen LogP contribution in [0.15, 0.2) is 0 Å². The highest BCUT2D eigenvalue weighted by Crippen LogP contribution is 2.31. The van der Waals surface area contributed by atoms with E-state index in [1.807, 2.05) is 4.90 Å². The summed E-state index contributed by atoms with van der Waals surface area (Å²) in [5.74, 6) is 1.40. The van der Waals surface area contributed by atoms with Gasteiger partial charge < -0.3 is 9.64 Å². The van der Waals surface area contributed by atoms with Crippen molar-refractivity contribution < 1.29 is 9.53 Å². The number of alkyl halides is 1. The molecule has 1 saturated carbocycles. The van der Waals surface area contributed by atoms with Gasteiger partial charge in [0.1, 0.15) is 0 Å². The lowest BCUT2D eigenvalue weighted by Crippen LogP contribution is -2.56. The summed E-state index contributed by atoms with van der Waals surface area (Å²) in [6.45, 7) is 7.90. The Morgan fingerprint density at radius 1 is 1.32 bits per heavy atom. The second-order valence-electron chi connectivity index (χ2n) is 6.83. The highest BCUT2D eigenvalue weighted by Gasteiger charge is 2.37. The molecule has 1 atom stereocenters. The molecule has 2 fully saturated rings. The lowest BCUT2D eigenvalue weighted by atomic mass is 9.82. The molecule has 1 unspecified atom stereocenters. The average molecular weight is 332 g/mol. The lowest BCUT2D eigenvalue weighted by Gasteiger charge is -2.44. The van der Waals surface area contributed by atoms with E-state index in [1.54, 1.807) is 0 Å². The third kappa shape index (κ3) is 3.94. The zero-order chi connectivity index (χ0) is 14.0. The topological polar surface area (TPSA) is 29.5 Å². The van der Waals surface area contributed by atoms with Crippen molar-refractivity contribution in [3.8, 4) is 0 Å². The van der Waals surface area contributed by atoms with Gasteiger partial charge in [-0.25, -0.2) is 0 Å². The Labute approximate surface area is 125 Å². The van der Waals surface area contributed by atoms with Gasteiger partial charge in [-0.3, -0.25) is 4.79 Å². The predicted molar refractivity (Wildman–Crippen MR) is 80.4 cm³/mol. The Morgan fingerprint density at radius 2 is 1.95 bits per heavy atom. The van der Waals surface area contributed by atoms with Gasteiger partial charge in [0.25, 0.3) is 0 Å². The van der Waals surface area contributed by atoms with Crippen LogP contribution < -0.4 is 0 Å². The van der Waals surface area contributed by atoms with Crippen molar-refractivity contribution in [2.45, 2.75) is 58.2 Å². The fourth-order valence-corrected chi connectivity index (χ4v) is 3.65. The lowest BCUT2D eigenvalue weighted by molar-refractivity contribution is -0.161. The average Bonchev–Trinajstić information content (AvgIpc) is 2.37. The van der Waals surface area contributed by atoms with Gasteiger partial charge in [-0.15, -0.1) is 0 Å². The summed E-state index contributed by atoms with van der Waals surface area (Å²) >= 11 is 3.48. The minimum Gasteiger partial charge on any atom is -0.368 e. The summed E-state index contributed by atoms with van der Waals surface area (Å²) in [7, 11) is 0. The zero-order valence-corrected chi connectivity index (χ0v) is 13.9. The monoisotopic (exact) mass is 331 g/mol. The van der Waals surface area contributed by atoms with E-state index in [-0.39, 0.29) is 17.6 Å². The molecular weight excluding hydrogens is 306 g/mol. The molecule has 110 valence electrons. The molecule has 1 amide bonds. The Kier molecular flexibility index (Phi) is 4.93. The summed E-state index contributed by atoms with van der Waals surface area (Å²) in [5, 5.41) is 0.794. The molecule has 0 aromatic rings. The molecule has 0 aromatic heterocycles. The van der Waals surface area contributed by atoms with Crippen molar-refractivity contribution in [1.82, 2.24) is 4.90 Å². The number of halogens is 1. The molecule has 0 radical (unpaired) electrons. The molecule has 0 spiro atoms. The normalized spacial score (nSPS) is 35.2. The number of rotatable bonds is 2. The van der Waals surface area contributed by atoms with E-state index < -0.39 is 0 Å². The quantitative estimate of drug-likeness (QED) is 0.727. The van der Waals surface area contributed by atoms with E-state index in [1.165, 1.54) is 12.8 Å². The van der Waals surface area contributed by atoms with Crippen LogP contribution in [0, 0.1) is 11.8 Å². The standard InChI is InChI=1S/C15H26BrNO2/c1-11-4-6-12(7-5-11)14(18)17-9-13(8-16)19-15(2,3)10-17/h11-13H,4-10H2,1-3H3. The van der Waals surface area contributed by atoms with Crippen LogP contribution in [0.1, 0.15) is 46.5 Å². The Morgan fingerprint density at radius 3 is 2.53 bits per heavy atom. The number of carbonyl (C=O) groups excluding carboxylic acids is 1. The van der Waals surface area contributed by atoms with Crippen LogP contribution >= 0.6 is 15.9 Å². The van der Waals surface area contributed by atoms with Crippen LogP contribution in [0.5, 0.6) is 0 Å². The van der Waals surface area contributed by atoms with Gasteiger partial charge in [-0.2, -0.15) is 0 Å². The number of hydrogen-bond donors (Lipinski definition) is 0. The number of morpholine rings is 1. The number of ether oxygens (including phenoxy) is 1. The third-order valence-electron chi connectivity index (χ3n) is 4.33. The van der Waals surface area contributed by atoms with Crippen LogP contribution in [0.4, 0.5) is 0 Å². The Balaban J connectivity index is 1.98. The Bertz CT molecular complexity index is 324. The first-order valence-corrected chi connectivity index (χ1v) is 8.56. The molecule has 0 bridgehead atoms. The summed E-state index contributed by atoms with van der Waals surface area (Å²) in [4.78, 5) is 14.7. The maximum atomic E-state index is 12.7. The largest absolute Gasteiger partial charge is 0.368 e. The molecular formula is C15H26BrNO2. The van der Waals surface area contributed by atoms with Crippen LogP contribution in [0.25, 0.3) is 0 Å². The number of hydrogen-bond acceptors (Lipinski definition) is 2. The maximum Gasteiger partial charge on any atom is 0.225 e. The fourth-order valence-electron chi connectivity index (χ4n) is 3.31. The molecule has 19 heavy (non-hydrogen) atoms. The Hall–Kier alpha value is -0.0900. The van der Waals surface area contributed by atoms with E-state index in [4.69, 9.17) is 4.74 Å². The first-order valence-electron chi connectivity index (χ1n) is 7.44. The molecule has 4 heteroatoms. The van der Waals surface area contributed by atoms with Crippen LogP contribution in [0.3, 0.4) is 0 Å². The number of carbonyl (C=O) groups is 1. The minimum atomic E-state index is -0.228. The van der Waals surface area contributed by atoms with Gasteiger partial charge in [-0.05, 0) is 45.4 Å². The highest BCUT2D eigenvalue weighted by atomic mass is 79.9. The molecule has 1 saturated heterocycles. The van der Waals surface area contributed by atoms with Gasteiger partial charge in [0.15, 0.2) is 0 Å². The molecule has 2 aliphatic rings. The zero-order valence-electron chi connectivity index (χ0n) is 12.3. The van der Waals surface area contributed by atoms with Gasteiger partial charge >= 0.3 is 0 Å². The molecule has 3 nitrogen and oxygen atoms in total. The first-order chi connectivity index (χ1) is 8.91. The van der Waals surface area contributed by atoms with Crippen LogP contribution in [-0.2, 0) is 9.53 Å². The van der Waals surface area contributed by atoms with Gasteiger partial charge in [0, 0.05) is 24.3 Å². The highest BCUT2D eigenvalue weighted by molar-refractivity contribution is 9.09. The minimum absolute atomic E-state index is 0.121. The second kappa shape index (κ2) is 6.13. The third-order valence-corrected chi connectivity index (χ3v) is 5.05. The van der Waals surface area contributed by atoms with E-state index in [0.29, 0.717) is 5.91 Å². The van der Waals surface area contributed by atoms with Crippen molar-refractivity contribution >= 4 is 21.8 Å². The van der Waals surface area contributed by atoms with E-state index in [0.717, 1.165) is 37.2 Å². The first kappa shape index (κ1) is 15.3. The van der Waals surface area contributed by atoms with E-state index >= 15 is 0 Å². The molecule has 0 aromatic carbocycles. The van der Waals surface area contributed by atoms with Gasteiger partial charge in [0.2, 0.25) is 5.91 Å². The van der Waals surface area contributed by atoms with E-state index in [9.17, 15) is 4.79 Å². The van der Waals surface area contributed by atoms with Gasteiger partial charge in [0.05, 0.1) is 11.7 Å². The number of amides is 1. The SMILES string of the molecule is CC1CCC(C(=O)N2CC(CBr)OC(C)(C)C2)CC1. The molecule has 1 heterocycles. The van der Waals surface area contributed by atoms with Gasteiger partial charge in [-0.1, -0.05) is 22.9 Å². The summed E-state index contributed by atoms with van der Waals surface area (Å²) in [6, 6.07) is 0. The predicted octanol–water partition coefficient (Wildman–Crippen LogP) is 3.21. The molecule has 2 rings (SSSR count). The molecule has 1 aliphatic carbocycles. The van der Waals surface area contributed by atoms with Crippen molar-refractivity contribution in [1.29, 1.82) is 0 Å². The second-order valence-corrected chi connectivity index (χ2v) is 7.48. The maximum absolute atomic E-state index is 12.7. The van der Waals surface area contributed by atoms with Crippen LogP contribution in [0.2, 0.25) is 0 Å². The van der Waals surface area contributed by atoms with Crippen molar-refractivity contribution in [2.24, 2.45) is 11.8 Å². The van der Waals surface area contributed by atoms with Crippen LogP contribution in [-0.4, -0.2) is 40.9 Å². The number of nitrogens with zero attached hydrogens (tertiary/aromatic N) is 1. The van der Waals surface area contributed by atoms with E-state index in [2.05, 4.69) is 36.7 Å². The summed E-state index contributed by atoms with van der Waals surface area (Å²) < 4.78 is 5.97. The summed E-state index contributed by atoms with van der Waals surface area (Å²) in [6.07, 6.45) is 4.65. The van der Waals surface area contributed by atoms with Crippen molar-refractivity contribution in [3.63, 3.8) is 0 Å². The summed E-state index contributed by atoms with van der Waals surface area (Å²) in [5.41, 5.74) is -0.228. The van der Waals surface area contributed by atoms with Crippen molar-refractivity contribution in [3.05, 3.63) is 0 Å². The smallest absolute Gasteiger partial charge is 0.225 e. The fraction of sp³-hybridized carbons (Fsp3) is 0.933. The molecule has 1 aliphatic heterocycles.